The molecule has 2 heteroatoms. The quantitative estimate of drug-likeness (QED) is 0.607. The van der Waals surface area contributed by atoms with Gasteiger partial charge in [0.2, 0.25) is 0 Å². The first-order valence-corrected chi connectivity index (χ1v) is 5.55. The highest BCUT2D eigenvalue weighted by molar-refractivity contribution is 7.80. The predicted octanol–water partition coefficient (Wildman–Crippen LogP) is 4.39. The molecule has 0 amide bonds. The monoisotopic (exact) mass is 226 g/mol. The van der Waals surface area contributed by atoms with Gasteiger partial charge < -0.3 is 4.42 Å². The minimum absolute atomic E-state index is 0.911. The summed E-state index contributed by atoms with van der Waals surface area (Å²) in [7, 11) is 0. The van der Waals surface area contributed by atoms with E-state index in [-0.39, 0.29) is 0 Å². The Labute approximate surface area is 99.1 Å². The number of benzene rings is 2. The average molecular weight is 226 g/mol. The number of furan rings is 1. The first-order chi connectivity index (χ1) is 7.86. The zero-order valence-corrected chi connectivity index (χ0v) is 9.45. The SMILES string of the molecule is Sc1ccccc1-c1coc2ccccc12. The number of hydrogen-bond donors (Lipinski definition) is 1. The van der Waals surface area contributed by atoms with Gasteiger partial charge in [0.05, 0.1) is 6.26 Å². The lowest BCUT2D eigenvalue weighted by Crippen LogP contribution is -1.77. The van der Waals surface area contributed by atoms with E-state index in [1.54, 1.807) is 6.26 Å². The molecular formula is C14H10OS. The zero-order valence-electron chi connectivity index (χ0n) is 8.55. The highest BCUT2D eigenvalue weighted by Crippen LogP contribution is 2.33. The summed E-state index contributed by atoms with van der Waals surface area (Å²) in [6.45, 7) is 0. The number of thiol groups is 1. The molecule has 78 valence electrons. The van der Waals surface area contributed by atoms with Gasteiger partial charge in [0.15, 0.2) is 0 Å². The molecule has 0 aliphatic rings. The van der Waals surface area contributed by atoms with E-state index in [4.69, 9.17) is 4.42 Å². The fraction of sp³-hybridized carbons (Fsp3) is 0. The van der Waals surface area contributed by atoms with Gasteiger partial charge in [-0.3, -0.25) is 0 Å². The van der Waals surface area contributed by atoms with Crippen molar-refractivity contribution in [1.29, 1.82) is 0 Å². The molecule has 0 bridgehead atoms. The first-order valence-electron chi connectivity index (χ1n) is 5.11. The summed E-state index contributed by atoms with van der Waals surface area (Å²) in [4.78, 5) is 0.967. The minimum atomic E-state index is 0.911. The van der Waals surface area contributed by atoms with Crippen molar-refractivity contribution < 1.29 is 4.42 Å². The maximum absolute atomic E-state index is 5.52. The van der Waals surface area contributed by atoms with Crippen molar-refractivity contribution in [3.05, 3.63) is 54.8 Å². The third-order valence-corrected chi connectivity index (χ3v) is 3.07. The lowest BCUT2D eigenvalue weighted by Gasteiger charge is -2.01. The van der Waals surface area contributed by atoms with E-state index in [0.29, 0.717) is 0 Å². The van der Waals surface area contributed by atoms with Gasteiger partial charge in [-0.05, 0) is 17.7 Å². The molecule has 16 heavy (non-hydrogen) atoms. The van der Waals surface area contributed by atoms with Crippen LogP contribution in [0.4, 0.5) is 0 Å². The Hall–Kier alpha value is -1.67. The van der Waals surface area contributed by atoms with Gasteiger partial charge in [0, 0.05) is 15.8 Å². The number of rotatable bonds is 1. The van der Waals surface area contributed by atoms with Gasteiger partial charge in [-0.2, -0.15) is 0 Å². The molecule has 0 radical (unpaired) electrons. The third-order valence-electron chi connectivity index (χ3n) is 2.68. The highest BCUT2D eigenvalue weighted by atomic mass is 32.1. The lowest BCUT2D eigenvalue weighted by atomic mass is 10.1. The van der Waals surface area contributed by atoms with Crippen LogP contribution in [0.3, 0.4) is 0 Å². The Balaban J connectivity index is 2.31. The molecule has 0 aliphatic heterocycles. The molecular weight excluding hydrogens is 216 g/mol. The predicted molar refractivity (Wildman–Crippen MR) is 68.9 cm³/mol. The Morgan fingerprint density at radius 2 is 1.56 bits per heavy atom. The van der Waals surface area contributed by atoms with Crippen molar-refractivity contribution in [1.82, 2.24) is 0 Å². The molecule has 3 aromatic rings. The second-order valence-corrected chi connectivity index (χ2v) is 4.14. The highest BCUT2D eigenvalue weighted by Gasteiger charge is 2.08. The molecule has 0 atom stereocenters. The molecule has 1 nitrogen and oxygen atoms in total. The van der Waals surface area contributed by atoms with Crippen LogP contribution in [0.1, 0.15) is 0 Å². The fourth-order valence-electron chi connectivity index (χ4n) is 1.89. The summed E-state index contributed by atoms with van der Waals surface area (Å²) in [5, 5.41) is 1.13. The summed E-state index contributed by atoms with van der Waals surface area (Å²) in [5.74, 6) is 0. The van der Waals surface area contributed by atoms with Crippen molar-refractivity contribution in [2.75, 3.05) is 0 Å². The van der Waals surface area contributed by atoms with Crippen LogP contribution in [0, 0.1) is 0 Å². The first kappa shape index (κ1) is 9.55. The molecule has 2 aromatic carbocycles. The smallest absolute Gasteiger partial charge is 0.134 e. The van der Waals surface area contributed by atoms with Crippen LogP contribution in [0.2, 0.25) is 0 Å². The standard InChI is InChI=1S/C14H10OS/c16-14-8-4-2-6-11(14)12-9-15-13-7-3-1-5-10(12)13/h1-9,16H. The third kappa shape index (κ3) is 1.42. The van der Waals surface area contributed by atoms with E-state index >= 15 is 0 Å². The van der Waals surface area contributed by atoms with Crippen molar-refractivity contribution in [2.45, 2.75) is 4.90 Å². The fourth-order valence-corrected chi connectivity index (χ4v) is 2.17. The van der Waals surface area contributed by atoms with E-state index < -0.39 is 0 Å². The van der Waals surface area contributed by atoms with Gasteiger partial charge in [-0.25, -0.2) is 0 Å². The molecule has 3 rings (SSSR count). The van der Waals surface area contributed by atoms with Crippen molar-refractivity contribution >= 4 is 23.6 Å². The number of hydrogen-bond acceptors (Lipinski definition) is 2. The normalized spacial score (nSPS) is 10.8. The Kier molecular flexibility index (Phi) is 2.22. The van der Waals surface area contributed by atoms with Crippen LogP contribution in [-0.2, 0) is 0 Å². The van der Waals surface area contributed by atoms with Gasteiger partial charge in [-0.1, -0.05) is 36.4 Å². The summed E-state index contributed by atoms with van der Waals surface area (Å²) in [6.07, 6.45) is 1.79. The maximum Gasteiger partial charge on any atom is 0.134 e. The van der Waals surface area contributed by atoms with Crippen molar-refractivity contribution in [2.24, 2.45) is 0 Å². The Morgan fingerprint density at radius 3 is 2.44 bits per heavy atom. The van der Waals surface area contributed by atoms with Crippen LogP contribution in [0.15, 0.2) is 64.1 Å². The van der Waals surface area contributed by atoms with Crippen LogP contribution >= 0.6 is 12.6 Å². The summed E-state index contributed by atoms with van der Waals surface area (Å²) >= 11 is 4.47. The van der Waals surface area contributed by atoms with Crippen LogP contribution < -0.4 is 0 Å². The second kappa shape index (κ2) is 3.72. The van der Waals surface area contributed by atoms with E-state index in [1.807, 2.05) is 36.4 Å². The molecule has 0 aliphatic carbocycles. The van der Waals surface area contributed by atoms with Crippen LogP contribution in [0.5, 0.6) is 0 Å². The topological polar surface area (TPSA) is 13.1 Å². The molecule has 0 spiro atoms. The zero-order chi connectivity index (χ0) is 11.0. The average Bonchev–Trinajstić information content (AvgIpc) is 2.74. The Morgan fingerprint density at radius 1 is 0.812 bits per heavy atom. The van der Waals surface area contributed by atoms with Gasteiger partial charge in [0.1, 0.15) is 5.58 Å². The maximum atomic E-state index is 5.52. The molecule has 0 fully saturated rings. The van der Waals surface area contributed by atoms with E-state index in [9.17, 15) is 0 Å². The number of para-hydroxylation sites is 1. The van der Waals surface area contributed by atoms with Crippen LogP contribution in [-0.4, -0.2) is 0 Å². The number of fused-ring (bicyclic) bond motifs is 1. The van der Waals surface area contributed by atoms with E-state index in [0.717, 1.165) is 27.0 Å². The summed E-state index contributed by atoms with van der Waals surface area (Å²) in [6, 6.07) is 16.1. The van der Waals surface area contributed by atoms with Gasteiger partial charge in [0.25, 0.3) is 0 Å². The van der Waals surface area contributed by atoms with Crippen LogP contribution in [0.25, 0.3) is 22.1 Å². The molecule has 0 unspecified atom stereocenters. The van der Waals surface area contributed by atoms with Crippen molar-refractivity contribution in [3.8, 4) is 11.1 Å². The second-order valence-electron chi connectivity index (χ2n) is 3.66. The molecule has 0 saturated heterocycles. The Bertz CT molecular complexity index is 640. The lowest BCUT2D eigenvalue weighted by molar-refractivity contribution is 0.617. The van der Waals surface area contributed by atoms with Gasteiger partial charge >= 0.3 is 0 Å². The van der Waals surface area contributed by atoms with E-state index in [2.05, 4.69) is 24.8 Å². The summed E-state index contributed by atoms with van der Waals surface area (Å²) < 4.78 is 5.52. The van der Waals surface area contributed by atoms with Crippen molar-refractivity contribution in [3.63, 3.8) is 0 Å². The molecule has 1 aromatic heterocycles. The molecule has 1 heterocycles. The largest absolute Gasteiger partial charge is 0.464 e. The van der Waals surface area contributed by atoms with E-state index in [1.165, 1.54) is 0 Å². The molecule has 0 saturated carbocycles. The minimum Gasteiger partial charge on any atom is -0.464 e. The summed E-state index contributed by atoms with van der Waals surface area (Å²) in [5.41, 5.74) is 3.12. The molecule has 0 N–H and O–H groups in total. The van der Waals surface area contributed by atoms with Gasteiger partial charge in [-0.15, -0.1) is 12.6 Å².